The lowest BCUT2D eigenvalue weighted by Crippen LogP contribution is -2.34. The van der Waals surface area contributed by atoms with Crippen LogP contribution in [0.4, 0.5) is 4.79 Å². The fraction of sp³-hybridized carbons (Fsp3) is 0.133. The number of benzene rings is 2. The van der Waals surface area contributed by atoms with E-state index in [-0.39, 0.29) is 5.75 Å². The molecule has 5 nitrogen and oxygen atoms in total. The number of aromatic hydroxyl groups is 1. The van der Waals surface area contributed by atoms with Gasteiger partial charge in [-0.3, -0.25) is 4.79 Å². The van der Waals surface area contributed by atoms with Crippen molar-refractivity contribution in [1.82, 2.24) is 0 Å². The second-order valence-electron chi connectivity index (χ2n) is 4.98. The molecule has 0 bridgehead atoms. The van der Waals surface area contributed by atoms with Crippen LogP contribution >= 0.6 is 67.8 Å². The highest BCUT2D eigenvalue weighted by Gasteiger charge is 2.15. The number of carboxylic acid groups (broad SMARTS) is 1. The van der Waals surface area contributed by atoms with Crippen molar-refractivity contribution < 1.29 is 19.7 Å². The molecule has 1 unspecified atom stereocenters. The second kappa shape index (κ2) is 8.89. The van der Waals surface area contributed by atoms with Crippen molar-refractivity contribution in [3.05, 3.63) is 46.6 Å². The van der Waals surface area contributed by atoms with E-state index in [4.69, 9.17) is 15.6 Å². The molecule has 0 aliphatic heterocycles. The summed E-state index contributed by atoms with van der Waals surface area (Å²) in [5, 5.41) is 18.3. The maximum Gasteiger partial charge on any atom is 0.281 e. The number of rotatable bonds is 6. The van der Waals surface area contributed by atoms with Crippen molar-refractivity contribution in [2.75, 3.05) is 0 Å². The number of phenols is 1. The van der Waals surface area contributed by atoms with Gasteiger partial charge in [-0.25, -0.2) is 0 Å². The van der Waals surface area contributed by atoms with Crippen molar-refractivity contribution in [2.24, 2.45) is 5.73 Å². The average Bonchev–Trinajstić information content (AvgIpc) is 2.45. The highest BCUT2D eigenvalue weighted by atomic mass is 127. The summed E-state index contributed by atoms with van der Waals surface area (Å²) < 4.78 is 8.45. The molecule has 0 saturated carbocycles. The van der Waals surface area contributed by atoms with Crippen LogP contribution in [0.3, 0.4) is 0 Å². The molecule has 0 aliphatic carbocycles. The molecule has 1 radical (unpaired) electrons. The number of carbonyl (C=O) groups is 1. The molecule has 0 aromatic heterocycles. The molecule has 9 heteroatoms. The Balaban J connectivity index is 2.20. The Kier molecular flexibility index (Phi) is 7.43. The van der Waals surface area contributed by atoms with Crippen LogP contribution < -0.4 is 10.5 Å². The summed E-state index contributed by atoms with van der Waals surface area (Å²) in [6.07, 6.45) is 0.440. The predicted octanol–water partition coefficient (Wildman–Crippen LogP) is 4.21. The first kappa shape index (κ1) is 20.0. The Labute approximate surface area is 181 Å². The number of hydrogen-bond acceptors (Lipinski definition) is 4. The van der Waals surface area contributed by atoms with Crippen molar-refractivity contribution in [2.45, 2.75) is 12.4 Å². The van der Waals surface area contributed by atoms with E-state index in [0.717, 1.165) is 25.7 Å². The molecule has 4 N–H and O–H groups in total. The molecule has 0 heterocycles. The van der Waals surface area contributed by atoms with Crippen LogP contribution in [0.1, 0.15) is 5.56 Å². The zero-order valence-electron chi connectivity index (χ0n) is 12.2. The van der Waals surface area contributed by atoms with Crippen molar-refractivity contribution in [3.8, 4) is 17.2 Å². The highest BCUT2D eigenvalue weighted by molar-refractivity contribution is 14.1. The molecule has 2 rings (SSSR count). The van der Waals surface area contributed by atoms with Crippen LogP contribution in [0.5, 0.6) is 17.2 Å². The molecule has 2 aromatic rings. The quantitative estimate of drug-likeness (QED) is 0.319. The SMILES string of the molecule is NC([B]C(=O)O)Cc1cc(I)c(Oc2ccc(O)c(I)c2)c(I)c1. The minimum absolute atomic E-state index is 0.214. The lowest BCUT2D eigenvalue weighted by atomic mass is 9.68. The molecule has 2 aromatic carbocycles. The first-order valence-corrected chi connectivity index (χ1v) is 9.97. The molecule has 0 fully saturated rings. The van der Waals surface area contributed by atoms with Gasteiger partial charge in [0.05, 0.1) is 10.7 Å². The maximum atomic E-state index is 10.7. The number of nitrogens with two attached hydrogens (primary N) is 1. The topological polar surface area (TPSA) is 92.8 Å². The van der Waals surface area contributed by atoms with Gasteiger partial charge in [-0.15, -0.1) is 0 Å². The van der Waals surface area contributed by atoms with Crippen molar-refractivity contribution in [1.29, 1.82) is 0 Å². The third-order valence-electron chi connectivity index (χ3n) is 3.03. The first-order chi connectivity index (χ1) is 11.3. The summed E-state index contributed by atoms with van der Waals surface area (Å²) in [5.74, 6) is 0.00797. The lowest BCUT2D eigenvalue weighted by molar-refractivity contribution is 0.219. The predicted molar refractivity (Wildman–Crippen MR) is 118 cm³/mol. The Hall–Kier alpha value is -0.275. The van der Waals surface area contributed by atoms with Crippen LogP contribution in [0.2, 0.25) is 0 Å². The maximum absolute atomic E-state index is 10.7. The fourth-order valence-corrected chi connectivity index (χ4v) is 4.61. The molecule has 0 aliphatic rings. The van der Waals surface area contributed by atoms with Gasteiger partial charge in [0, 0.05) is 0 Å². The molecule has 0 spiro atoms. The Bertz CT molecular complexity index is 749. The summed E-state index contributed by atoms with van der Waals surface area (Å²) in [6.45, 7) is 0. The van der Waals surface area contributed by atoms with Crippen LogP contribution in [-0.2, 0) is 6.42 Å². The average molecular weight is 662 g/mol. The summed E-state index contributed by atoms with van der Waals surface area (Å²) >= 11 is 6.39. The Morgan fingerprint density at radius 2 is 1.79 bits per heavy atom. The monoisotopic (exact) mass is 662 g/mol. The largest absolute Gasteiger partial charge is 0.507 e. The van der Waals surface area contributed by atoms with Crippen molar-refractivity contribution >= 4 is 80.9 Å². The second-order valence-corrected chi connectivity index (χ2v) is 8.46. The summed E-state index contributed by atoms with van der Waals surface area (Å²) in [5.41, 5.74) is 6.75. The van der Waals surface area contributed by atoms with Gasteiger partial charge in [0.1, 0.15) is 11.5 Å². The number of halogens is 3. The molecular formula is C15H12BI3NO4. The first-order valence-electron chi connectivity index (χ1n) is 6.74. The van der Waals surface area contributed by atoms with Gasteiger partial charge in [-0.2, -0.15) is 0 Å². The van der Waals surface area contributed by atoms with E-state index in [1.807, 2.05) is 34.7 Å². The number of ether oxygens (including phenoxy) is 1. The van der Waals surface area contributed by atoms with Crippen LogP contribution in [0.15, 0.2) is 30.3 Å². The lowest BCUT2D eigenvalue weighted by Gasteiger charge is -2.14. The molecule has 1 atom stereocenters. The minimum atomic E-state index is -1.02. The minimum Gasteiger partial charge on any atom is -0.507 e. The van der Waals surface area contributed by atoms with Crippen LogP contribution in [0.25, 0.3) is 0 Å². The van der Waals surface area contributed by atoms with Gasteiger partial charge in [-0.1, -0.05) is 0 Å². The number of phenolic OH excluding ortho intramolecular Hbond substituents is 1. The smallest absolute Gasteiger partial charge is 0.281 e. The van der Waals surface area contributed by atoms with Gasteiger partial charge in [0.15, 0.2) is 5.75 Å². The van der Waals surface area contributed by atoms with Gasteiger partial charge < -0.3 is 20.7 Å². The zero-order valence-corrected chi connectivity index (χ0v) is 18.6. The van der Waals surface area contributed by atoms with Gasteiger partial charge in [0.25, 0.3) is 7.28 Å². The zero-order chi connectivity index (χ0) is 17.9. The third-order valence-corrected chi connectivity index (χ3v) is 5.49. The van der Waals surface area contributed by atoms with Gasteiger partial charge in [0.2, 0.25) is 5.87 Å². The van der Waals surface area contributed by atoms with E-state index in [1.54, 1.807) is 18.2 Å². The molecular weight excluding hydrogens is 650 g/mol. The molecule has 0 amide bonds. The third kappa shape index (κ3) is 5.63. The molecule has 125 valence electrons. The molecule has 0 saturated heterocycles. The fourth-order valence-electron chi connectivity index (χ4n) is 2.01. The van der Waals surface area contributed by atoms with Crippen molar-refractivity contribution in [3.63, 3.8) is 0 Å². The van der Waals surface area contributed by atoms with E-state index < -0.39 is 11.8 Å². The standard InChI is InChI=1S/C15H12BI3NO4/c17-9-6-8(1-2-12(9)21)24-14-10(18)3-7(4-11(14)19)5-13(20)16-15(22)23/h1-4,6,13,21H,5,20H2,(H,22,23). The summed E-state index contributed by atoms with van der Waals surface area (Å²) in [7, 11) is 1.09. The molecule has 24 heavy (non-hydrogen) atoms. The highest BCUT2D eigenvalue weighted by Crippen LogP contribution is 2.34. The van der Waals surface area contributed by atoms with Crippen LogP contribution in [0, 0.1) is 10.7 Å². The van der Waals surface area contributed by atoms with Gasteiger partial charge in [-0.05, 0) is 116 Å². The van der Waals surface area contributed by atoms with E-state index in [9.17, 15) is 9.90 Å². The Morgan fingerprint density at radius 3 is 2.33 bits per heavy atom. The van der Waals surface area contributed by atoms with E-state index >= 15 is 0 Å². The summed E-state index contributed by atoms with van der Waals surface area (Å²) in [4.78, 5) is 10.7. The van der Waals surface area contributed by atoms with E-state index in [0.29, 0.717) is 15.7 Å². The number of hydrogen-bond donors (Lipinski definition) is 3. The Morgan fingerprint density at radius 1 is 1.17 bits per heavy atom. The van der Waals surface area contributed by atoms with Crippen LogP contribution in [-0.4, -0.2) is 29.3 Å². The van der Waals surface area contributed by atoms with E-state index in [1.165, 1.54) is 0 Å². The normalized spacial score (nSPS) is 11.8. The van der Waals surface area contributed by atoms with Gasteiger partial charge >= 0.3 is 0 Å². The van der Waals surface area contributed by atoms with E-state index in [2.05, 4.69) is 45.2 Å². The summed E-state index contributed by atoms with van der Waals surface area (Å²) in [6, 6.07) is 8.91.